The number of hydrogen-bond acceptors (Lipinski definition) is 1. The van der Waals surface area contributed by atoms with Crippen LogP contribution >= 0.6 is 0 Å². The van der Waals surface area contributed by atoms with Crippen LogP contribution in [0, 0.1) is 0 Å². The summed E-state index contributed by atoms with van der Waals surface area (Å²) in [6.07, 6.45) is -0.327. The van der Waals surface area contributed by atoms with Crippen LogP contribution < -0.4 is 10.4 Å². The number of aliphatic hydroxyl groups is 1. The van der Waals surface area contributed by atoms with Gasteiger partial charge in [0.1, 0.15) is 8.07 Å². The van der Waals surface area contributed by atoms with Gasteiger partial charge in [0.15, 0.2) is 0 Å². The molecule has 2 atom stereocenters. The number of rotatable bonds is 4. The molecule has 2 aromatic rings. The fourth-order valence-corrected chi connectivity index (χ4v) is 10.6. The summed E-state index contributed by atoms with van der Waals surface area (Å²) >= 11 is 0. The summed E-state index contributed by atoms with van der Waals surface area (Å²) in [7, 11) is -2.17. The van der Waals surface area contributed by atoms with Crippen molar-refractivity contribution >= 4 is 18.4 Å². The molecule has 0 bridgehead atoms. The summed E-state index contributed by atoms with van der Waals surface area (Å²) in [4.78, 5) is 0. The third-order valence-corrected chi connectivity index (χ3v) is 11.8. The highest BCUT2D eigenvalue weighted by molar-refractivity contribution is 7.05. The smallest absolute Gasteiger partial charge is 0.128 e. The summed E-state index contributed by atoms with van der Waals surface area (Å²) in [6, 6.07) is 21.7. The molecule has 0 spiro atoms. The average Bonchev–Trinajstić information content (AvgIpc) is 2.48. The largest absolute Gasteiger partial charge is 0.393 e. The first-order valence-corrected chi connectivity index (χ1v) is 10.2. The average molecular weight is 313 g/mol. The molecule has 0 saturated heterocycles. The van der Waals surface area contributed by atoms with E-state index in [1.807, 2.05) is 6.92 Å². The van der Waals surface area contributed by atoms with Gasteiger partial charge in [-0.1, -0.05) is 98.7 Å². The van der Waals surface area contributed by atoms with Crippen LogP contribution in [0.15, 0.2) is 60.7 Å². The van der Waals surface area contributed by atoms with E-state index < -0.39 is 8.07 Å². The summed E-state index contributed by atoms with van der Waals surface area (Å²) in [5.74, 6) is 0. The van der Waals surface area contributed by atoms with Gasteiger partial charge in [0.25, 0.3) is 0 Å². The second-order valence-corrected chi connectivity index (χ2v) is 12.5. The van der Waals surface area contributed by atoms with Gasteiger partial charge in [0.05, 0.1) is 6.10 Å². The first-order valence-electron chi connectivity index (χ1n) is 8.11. The molecule has 0 aliphatic heterocycles. The van der Waals surface area contributed by atoms with Crippen LogP contribution in [-0.4, -0.2) is 19.3 Å². The maximum absolute atomic E-state index is 10.5. The normalized spacial score (nSPS) is 15.4. The maximum atomic E-state index is 10.5. The molecule has 0 saturated carbocycles. The lowest BCUT2D eigenvalue weighted by molar-refractivity contribution is 0.187. The van der Waals surface area contributed by atoms with E-state index in [9.17, 15) is 5.11 Å². The highest BCUT2D eigenvalue weighted by Crippen LogP contribution is 2.44. The fourth-order valence-electron chi connectivity index (χ4n) is 4.01. The molecule has 0 aromatic heterocycles. The molecule has 22 heavy (non-hydrogen) atoms. The predicted octanol–water partition coefficient (Wildman–Crippen LogP) is 3.82. The first kappa shape index (κ1) is 17.0. The minimum atomic E-state index is -2.17. The highest BCUT2D eigenvalue weighted by atomic mass is 28.3. The van der Waals surface area contributed by atoms with Gasteiger partial charge in [-0.2, -0.15) is 0 Å². The maximum Gasteiger partial charge on any atom is 0.128 e. The summed E-state index contributed by atoms with van der Waals surface area (Å²) in [5, 5.41) is 13.4. The second kappa shape index (κ2) is 6.39. The zero-order chi connectivity index (χ0) is 16.4. The minimum absolute atomic E-state index is 0.103. The van der Waals surface area contributed by atoms with E-state index in [-0.39, 0.29) is 16.7 Å². The number of benzene rings is 2. The molecule has 1 unspecified atom stereocenters. The van der Waals surface area contributed by atoms with Crippen molar-refractivity contribution in [3.8, 4) is 0 Å². The molecule has 0 radical (unpaired) electrons. The molecule has 0 aliphatic rings. The van der Waals surface area contributed by atoms with Crippen LogP contribution in [-0.2, 0) is 0 Å². The molecule has 0 amide bonds. The van der Waals surface area contributed by atoms with Gasteiger partial charge >= 0.3 is 0 Å². The lowest BCUT2D eigenvalue weighted by atomic mass is 10.2. The van der Waals surface area contributed by atoms with Crippen LogP contribution in [0.5, 0.6) is 0 Å². The van der Waals surface area contributed by atoms with Gasteiger partial charge in [-0.05, 0) is 17.5 Å². The molecule has 1 N–H and O–H groups in total. The summed E-state index contributed by atoms with van der Waals surface area (Å²) in [5.41, 5.74) is 0.234. The molecule has 0 heterocycles. The Kier molecular flexibility index (Phi) is 4.93. The fraction of sp³-hybridized carbons (Fsp3) is 0.400. The van der Waals surface area contributed by atoms with E-state index in [1.165, 1.54) is 10.4 Å². The zero-order valence-electron chi connectivity index (χ0n) is 14.4. The lowest BCUT2D eigenvalue weighted by Crippen LogP contribution is -2.68. The SMILES string of the molecule is CC([C@H](C)O)[Si](c1ccccc1)(c1ccccc1)C(C)(C)C. The van der Waals surface area contributed by atoms with Crippen molar-refractivity contribution in [1.82, 2.24) is 0 Å². The van der Waals surface area contributed by atoms with Crippen LogP contribution in [0.4, 0.5) is 0 Å². The molecule has 0 fully saturated rings. The molecule has 2 rings (SSSR count). The van der Waals surface area contributed by atoms with Gasteiger partial charge in [0, 0.05) is 0 Å². The molecular formula is C20H28OSi. The Bertz CT molecular complexity index is 545. The minimum Gasteiger partial charge on any atom is -0.393 e. The van der Waals surface area contributed by atoms with Crippen LogP contribution in [0.2, 0.25) is 10.6 Å². The summed E-state index contributed by atoms with van der Waals surface area (Å²) < 4.78 is 0. The Balaban J connectivity index is 2.82. The Morgan fingerprint density at radius 1 is 0.773 bits per heavy atom. The molecular weight excluding hydrogens is 284 g/mol. The molecule has 118 valence electrons. The Morgan fingerprint density at radius 3 is 1.41 bits per heavy atom. The van der Waals surface area contributed by atoms with Gasteiger partial charge in [0.2, 0.25) is 0 Å². The monoisotopic (exact) mass is 312 g/mol. The van der Waals surface area contributed by atoms with Crippen LogP contribution in [0.25, 0.3) is 0 Å². The second-order valence-electron chi connectivity index (χ2n) is 7.32. The third-order valence-electron chi connectivity index (χ3n) is 5.05. The van der Waals surface area contributed by atoms with E-state index in [4.69, 9.17) is 0 Å². The highest BCUT2D eigenvalue weighted by Gasteiger charge is 2.52. The van der Waals surface area contributed by atoms with E-state index in [0.29, 0.717) is 0 Å². The van der Waals surface area contributed by atoms with Crippen molar-refractivity contribution < 1.29 is 5.11 Å². The van der Waals surface area contributed by atoms with Crippen LogP contribution in [0.1, 0.15) is 34.6 Å². The van der Waals surface area contributed by atoms with E-state index in [0.717, 1.165) is 0 Å². The Hall–Kier alpha value is -1.38. The van der Waals surface area contributed by atoms with Crippen LogP contribution in [0.3, 0.4) is 0 Å². The quantitative estimate of drug-likeness (QED) is 0.851. The predicted molar refractivity (Wildman–Crippen MR) is 98.7 cm³/mol. The standard InChI is InChI=1S/C20H28OSi/c1-16(21)17(2)22(20(3,4)5,18-12-8-6-9-13-18)19-14-10-7-11-15-19/h6-17,21H,1-5H3/t16-,17?/m0/s1. The zero-order valence-corrected chi connectivity index (χ0v) is 15.4. The Morgan fingerprint density at radius 2 is 1.14 bits per heavy atom. The van der Waals surface area contributed by atoms with Crippen molar-refractivity contribution in [3.05, 3.63) is 60.7 Å². The van der Waals surface area contributed by atoms with E-state index in [2.05, 4.69) is 88.4 Å². The van der Waals surface area contributed by atoms with Gasteiger partial charge in [-0.15, -0.1) is 0 Å². The number of aliphatic hydroxyl groups excluding tert-OH is 1. The third kappa shape index (κ3) is 2.78. The van der Waals surface area contributed by atoms with Gasteiger partial charge < -0.3 is 5.11 Å². The van der Waals surface area contributed by atoms with Crippen molar-refractivity contribution in [2.75, 3.05) is 0 Å². The van der Waals surface area contributed by atoms with Crippen molar-refractivity contribution in [3.63, 3.8) is 0 Å². The van der Waals surface area contributed by atoms with Gasteiger partial charge in [-0.25, -0.2) is 0 Å². The Labute approximate surface area is 136 Å². The molecule has 2 aromatic carbocycles. The molecule has 2 heteroatoms. The number of hydrogen-bond donors (Lipinski definition) is 1. The molecule has 1 nitrogen and oxygen atoms in total. The topological polar surface area (TPSA) is 20.2 Å². The lowest BCUT2D eigenvalue weighted by Gasteiger charge is -2.49. The van der Waals surface area contributed by atoms with Gasteiger partial charge in [-0.3, -0.25) is 0 Å². The van der Waals surface area contributed by atoms with Crippen molar-refractivity contribution in [1.29, 1.82) is 0 Å². The van der Waals surface area contributed by atoms with Crippen molar-refractivity contribution in [2.24, 2.45) is 0 Å². The van der Waals surface area contributed by atoms with Crippen molar-refractivity contribution in [2.45, 2.75) is 51.3 Å². The first-order chi connectivity index (χ1) is 10.3. The van der Waals surface area contributed by atoms with E-state index >= 15 is 0 Å². The van der Waals surface area contributed by atoms with E-state index in [1.54, 1.807) is 0 Å². The summed E-state index contributed by atoms with van der Waals surface area (Å²) in [6.45, 7) is 11.2. The molecule has 0 aliphatic carbocycles.